The fourth-order valence-corrected chi connectivity index (χ4v) is 16.9. The third kappa shape index (κ3) is 13.0. The molecule has 0 amide bonds. The molecule has 18 aromatic carbocycles. The Morgan fingerprint density at radius 3 is 1.01 bits per heavy atom. The first-order valence-corrected chi connectivity index (χ1v) is 38.1. The molecule has 0 aliphatic heterocycles. The molecule has 520 valence electrons. The molecule has 2 aliphatic carbocycles. The zero-order valence-electron chi connectivity index (χ0n) is 61.4. The molecule has 0 aromatic heterocycles. The van der Waals surface area contributed by atoms with E-state index in [9.17, 15) is 0 Å². The second-order valence-electron chi connectivity index (χ2n) is 29.7. The third-order valence-electron chi connectivity index (χ3n) is 22.4. The van der Waals surface area contributed by atoms with Crippen molar-refractivity contribution in [1.82, 2.24) is 0 Å². The van der Waals surface area contributed by atoms with Gasteiger partial charge >= 0.3 is 0 Å². The average molecular weight is 1420 g/mol. The SMILES string of the molecule is CC1(C)c2ccccc2-c2ccc(N(c3ccc(-c4ccccc4)cc3)c3ccc(-c4ccc5c(c4)c(-c4ccccc4)cc4ccccc45)cc3)cc21.CC1(C)c2ccccc2-c2ccc(Nc3ccc(-c4ccccc4)cc3)cc21.Clc1ccc(-c2ccc3c(c2)c(-c2ccccc2)cc2ccccc23)cc1. The van der Waals surface area contributed by atoms with Gasteiger partial charge in [0, 0.05) is 44.3 Å². The summed E-state index contributed by atoms with van der Waals surface area (Å²) in [5, 5.41) is 14.5. The molecule has 0 radical (unpaired) electrons. The van der Waals surface area contributed by atoms with Gasteiger partial charge < -0.3 is 10.2 Å². The van der Waals surface area contributed by atoms with Gasteiger partial charge in [0.25, 0.3) is 0 Å². The average Bonchev–Trinajstić information content (AvgIpc) is 1.62. The number of halogens is 1. The Labute approximate surface area is 644 Å². The Bertz CT molecular complexity index is 6390. The summed E-state index contributed by atoms with van der Waals surface area (Å²) in [5.41, 5.74) is 31.2. The monoisotopic (exact) mass is 1410 g/mol. The zero-order valence-corrected chi connectivity index (χ0v) is 62.2. The molecule has 2 aliphatic rings. The minimum absolute atomic E-state index is 0.0286. The molecule has 1 N–H and O–H groups in total. The molecule has 18 aromatic rings. The number of nitrogens with one attached hydrogen (secondary N) is 1. The van der Waals surface area contributed by atoms with Crippen molar-refractivity contribution >= 4 is 83.1 Å². The lowest BCUT2D eigenvalue weighted by Gasteiger charge is -2.28. The molecule has 0 saturated heterocycles. The van der Waals surface area contributed by atoms with Gasteiger partial charge in [0.15, 0.2) is 0 Å². The quantitative estimate of drug-likeness (QED) is 0.130. The van der Waals surface area contributed by atoms with E-state index in [1.165, 1.54) is 154 Å². The van der Waals surface area contributed by atoms with Crippen LogP contribution in [-0.2, 0) is 10.8 Å². The minimum atomic E-state index is -0.0886. The van der Waals surface area contributed by atoms with Crippen molar-refractivity contribution in [2.45, 2.75) is 38.5 Å². The van der Waals surface area contributed by atoms with Gasteiger partial charge in [-0.1, -0.05) is 343 Å². The van der Waals surface area contributed by atoms with E-state index < -0.39 is 0 Å². The van der Waals surface area contributed by atoms with E-state index in [0.717, 1.165) is 33.5 Å². The number of anilines is 5. The lowest BCUT2D eigenvalue weighted by atomic mass is 9.82. The fourth-order valence-electron chi connectivity index (χ4n) is 16.8. The van der Waals surface area contributed by atoms with Crippen molar-refractivity contribution in [3.05, 3.63) is 428 Å². The van der Waals surface area contributed by atoms with E-state index in [2.05, 4.69) is 420 Å². The summed E-state index contributed by atoms with van der Waals surface area (Å²) in [7, 11) is 0. The summed E-state index contributed by atoms with van der Waals surface area (Å²) < 4.78 is 0. The molecule has 0 fully saturated rings. The lowest BCUT2D eigenvalue weighted by Crippen LogP contribution is -2.16. The van der Waals surface area contributed by atoms with Crippen LogP contribution >= 0.6 is 11.6 Å². The lowest BCUT2D eigenvalue weighted by molar-refractivity contribution is 0.660. The molecule has 0 spiro atoms. The van der Waals surface area contributed by atoms with Crippen molar-refractivity contribution in [3.63, 3.8) is 0 Å². The molecule has 0 bridgehead atoms. The minimum Gasteiger partial charge on any atom is -0.356 e. The Kier molecular flexibility index (Phi) is 17.8. The molecule has 3 heteroatoms. The van der Waals surface area contributed by atoms with Gasteiger partial charge in [0.05, 0.1) is 0 Å². The number of hydrogen-bond acceptors (Lipinski definition) is 2. The van der Waals surface area contributed by atoms with Gasteiger partial charge in [-0.2, -0.15) is 0 Å². The number of fused-ring (bicyclic) bond motifs is 12. The van der Waals surface area contributed by atoms with E-state index in [0.29, 0.717) is 0 Å². The molecule has 0 saturated carbocycles. The molecule has 0 atom stereocenters. The maximum atomic E-state index is 6.06. The standard InChI is InChI=1S/C53H39N.C27H23N.C26H17Cl/c1-53(2)51-20-12-11-19-47(51)48-32-30-44(35-52(48)53)54(42-26-21-37(22-27-42)36-13-5-3-6-14-36)43-28-23-38(24-29-43)40-25-31-46-45-18-10-9-17-41(45)34-49(50(46)33-40)39-15-7-4-8-16-39;1-27(2)25-11-7-6-10-23(25)24-17-16-22(18-26(24)27)28-21-14-12-20(13-15-21)19-8-4-3-5-9-19;27-22-13-10-18(11-14-22)20-12-15-24-23-9-5-4-8-21(23)17-25(26(24)16-20)19-6-2-1-3-7-19/h3-35H,1-2H3;3-18,28H,1-2H3;1-17H. The van der Waals surface area contributed by atoms with Crippen LogP contribution in [0.1, 0.15) is 49.9 Å². The van der Waals surface area contributed by atoms with Crippen LogP contribution in [-0.4, -0.2) is 0 Å². The first-order valence-electron chi connectivity index (χ1n) is 37.7. The van der Waals surface area contributed by atoms with E-state index in [-0.39, 0.29) is 10.8 Å². The van der Waals surface area contributed by atoms with E-state index in [1.807, 2.05) is 18.2 Å². The van der Waals surface area contributed by atoms with E-state index >= 15 is 0 Å². The van der Waals surface area contributed by atoms with Gasteiger partial charge in [-0.05, 0) is 251 Å². The Morgan fingerprint density at radius 2 is 0.541 bits per heavy atom. The Morgan fingerprint density at radius 1 is 0.211 bits per heavy atom. The van der Waals surface area contributed by atoms with Crippen LogP contribution in [0, 0.1) is 0 Å². The first-order chi connectivity index (χ1) is 53.4. The van der Waals surface area contributed by atoms with Crippen LogP contribution in [0.15, 0.2) is 400 Å². The Hall–Kier alpha value is -13.1. The highest BCUT2D eigenvalue weighted by Crippen LogP contribution is 2.52. The smallest absolute Gasteiger partial charge is 0.0465 e. The van der Waals surface area contributed by atoms with Gasteiger partial charge in [0.2, 0.25) is 0 Å². The first kappa shape index (κ1) is 67.7. The van der Waals surface area contributed by atoms with Crippen molar-refractivity contribution in [2.24, 2.45) is 0 Å². The topological polar surface area (TPSA) is 15.3 Å². The highest BCUT2D eigenvalue weighted by atomic mass is 35.5. The summed E-state index contributed by atoms with van der Waals surface area (Å²) in [6, 6.07) is 144. The molecular weight excluding hydrogens is 1340 g/mol. The van der Waals surface area contributed by atoms with Gasteiger partial charge in [0.1, 0.15) is 0 Å². The summed E-state index contributed by atoms with van der Waals surface area (Å²) >= 11 is 6.06. The molecule has 2 nitrogen and oxygen atoms in total. The second-order valence-corrected chi connectivity index (χ2v) is 30.2. The maximum absolute atomic E-state index is 6.06. The molecule has 0 heterocycles. The highest BCUT2D eigenvalue weighted by molar-refractivity contribution is 6.30. The van der Waals surface area contributed by atoms with E-state index in [4.69, 9.17) is 11.6 Å². The summed E-state index contributed by atoms with van der Waals surface area (Å²) in [6.45, 7) is 9.34. The predicted molar refractivity (Wildman–Crippen MR) is 467 cm³/mol. The summed E-state index contributed by atoms with van der Waals surface area (Å²) in [5.74, 6) is 0. The van der Waals surface area contributed by atoms with E-state index in [1.54, 1.807) is 0 Å². The van der Waals surface area contributed by atoms with Crippen LogP contribution in [0.3, 0.4) is 0 Å². The van der Waals surface area contributed by atoms with Crippen LogP contribution in [0.5, 0.6) is 0 Å². The van der Waals surface area contributed by atoms with Crippen molar-refractivity contribution < 1.29 is 0 Å². The molecular formula is C106H79ClN2. The van der Waals surface area contributed by atoms with Crippen molar-refractivity contribution in [3.8, 4) is 89.0 Å². The van der Waals surface area contributed by atoms with Crippen LogP contribution in [0.4, 0.5) is 28.4 Å². The van der Waals surface area contributed by atoms with Crippen molar-refractivity contribution in [1.29, 1.82) is 0 Å². The predicted octanol–water partition coefficient (Wildman–Crippen LogP) is 30.2. The van der Waals surface area contributed by atoms with Crippen molar-refractivity contribution in [2.75, 3.05) is 10.2 Å². The molecule has 109 heavy (non-hydrogen) atoms. The van der Waals surface area contributed by atoms with Crippen LogP contribution in [0.25, 0.3) is 132 Å². The normalized spacial score (nSPS) is 12.6. The Balaban J connectivity index is 0.000000127. The summed E-state index contributed by atoms with van der Waals surface area (Å²) in [4.78, 5) is 2.40. The summed E-state index contributed by atoms with van der Waals surface area (Å²) in [6.07, 6.45) is 0. The van der Waals surface area contributed by atoms with Gasteiger partial charge in [-0.3, -0.25) is 0 Å². The number of nitrogens with zero attached hydrogens (tertiary/aromatic N) is 1. The molecule has 20 rings (SSSR count). The number of hydrogen-bond donors (Lipinski definition) is 1. The molecule has 0 unspecified atom stereocenters. The number of rotatable bonds is 11. The fraction of sp³-hybridized carbons (Fsp3) is 0.0566. The maximum Gasteiger partial charge on any atom is 0.0465 e. The zero-order chi connectivity index (χ0) is 73.6. The van der Waals surface area contributed by atoms with Crippen LogP contribution in [0.2, 0.25) is 5.02 Å². The van der Waals surface area contributed by atoms with Gasteiger partial charge in [-0.25, -0.2) is 0 Å². The van der Waals surface area contributed by atoms with Crippen LogP contribution < -0.4 is 10.2 Å². The van der Waals surface area contributed by atoms with Gasteiger partial charge in [-0.15, -0.1) is 0 Å². The second kappa shape index (κ2) is 28.6. The largest absolute Gasteiger partial charge is 0.356 e. The number of benzene rings is 18. The highest BCUT2D eigenvalue weighted by Gasteiger charge is 2.37. The third-order valence-corrected chi connectivity index (χ3v) is 22.7.